The Morgan fingerprint density at radius 3 is 1.73 bits per heavy atom. The normalized spacial score (nSPS) is 13.0. The maximum absolute atomic E-state index is 2.45. The van der Waals surface area contributed by atoms with Crippen molar-refractivity contribution in [1.82, 2.24) is 0 Å². The van der Waals surface area contributed by atoms with Crippen LogP contribution in [0.4, 0.5) is 17.1 Å². The summed E-state index contributed by atoms with van der Waals surface area (Å²) in [7, 11) is 0. The van der Waals surface area contributed by atoms with Crippen LogP contribution in [0, 0.1) is 0 Å². The number of hydrogen-bond donors (Lipinski definition) is 0. The summed E-state index contributed by atoms with van der Waals surface area (Å²) in [5, 5.41) is 5.11. The molecule has 0 saturated carbocycles. The van der Waals surface area contributed by atoms with Gasteiger partial charge in [0, 0.05) is 22.4 Å². The molecule has 0 bridgehead atoms. The van der Waals surface area contributed by atoms with Gasteiger partial charge in [-0.05, 0) is 103 Å². The molecule has 0 saturated heterocycles. The van der Waals surface area contributed by atoms with Crippen LogP contribution in [0.25, 0.3) is 54.9 Å². The zero-order chi connectivity index (χ0) is 32.2. The SMILES string of the molecule is CC1(C)c2ccccc2-c2cc(-c3ccccc3)c(N(c3ccccc3)c3ccc(-c4cc5ccccc5c5ccccc45)cc3)cc21. The van der Waals surface area contributed by atoms with Crippen LogP contribution in [0.15, 0.2) is 176 Å². The number of nitrogens with zero attached hydrogens (tertiary/aromatic N) is 1. The highest BCUT2D eigenvalue weighted by atomic mass is 15.1. The summed E-state index contributed by atoms with van der Waals surface area (Å²) in [6.45, 7) is 4.72. The molecule has 8 aromatic rings. The number of para-hydroxylation sites is 1. The number of benzene rings is 8. The van der Waals surface area contributed by atoms with Gasteiger partial charge >= 0.3 is 0 Å². The van der Waals surface area contributed by atoms with Crippen molar-refractivity contribution in [3.05, 3.63) is 187 Å². The fourth-order valence-corrected chi connectivity index (χ4v) is 7.86. The number of fused-ring (bicyclic) bond motifs is 6. The molecule has 0 spiro atoms. The van der Waals surface area contributed by atoms with Crippen LogP contribution in [0.5, 0.6) is 0 Å². The van der Waals surface area contributed by atoms with E-state index in [1.54, 1.807) is 0 Å². The van der Waals surface area contributed by atoms with E-state index in [2.05, 4.69) is 195 Å². The maximum Gasteiger partial charge on any atom is 0.0543 e. The van der Waals surface area contributed by atoms with Gasteiger partial charge in [-0.3, -0.25) is 0 Å². The molecule has 0 N–H and O–H groups in total. The molecule has 1 aliphatic carbocycles. The standard InChI is InChI=1S/C47H35N/c1-47(2)44-24-14-13-23-40(44)43-30-42(32-15-5-3-6-16-32)46(31-45(43)47)48(35-18-7-4-8-19-35)36-27-25-33(26-28-36)41-29-34-17-9-10-20-37(34)38-21-11-12-22-39(38)41/h3-31H,1-2H3. The van der Waals surface area contributed by atoms with Gasteiger partial charge in [0.15, 0.2) is 0 Å². The van der Waals surface area contributed by atoms with E-state index in [-0.39, 0.29) is 5.41 Å². The van der Waals surface area contributed by atoms with E-state index in [1.165, 1.54) is 71.7 Å². The highest BCUT2D eigenvalue weighted by Crippen LogP contribution is 2.53. The minimum absolute atomic E-state index is 0.112. The molecule has 9 rings (SSSR count). The molecule has 0 fully saturated rings. The van der Waals surface area contributed by atoms with Crippen molar-refractivity contribution in [2.75, 3.05) is 4.90 Å². The molecule has 0 aliphatic heterocycles. The monoisotopic (exact) mass is 613 g/mol. The third-order valence-corrected chi connectivity index (χ3v) is 10.2. The number of rotatable bonds is 5. The van der Waals surface area contributed by atoms with E-state index in [0.29, 0.717) is 0 Å². The predicted octanol–water partition coefficient (Wildman–Crippen LogP) is 13.1. The Bertz CT molecular complexity index is 2460. The molecule has 8 aromatic carbocycles. The van der Waals surface area contributed by atoms with Crippen molar-refractivity contribution in [3.8, 4) is 33.4 Å². The van der Waals surface area contributed by atoms with Gasteiger partial charge in [0.1, 0.15) is 0 Å². The molecule has 228 valence electrons. The van der Waals surface area contributed by atoms with E-state index in [0.717, 1.165) is 11.4 Å². The summed E-state index contributed by atoms with van der Waals surface area (Å²) in [5.41, 5.74) is 13.6. The summed E-state index contributed by atoms with van der Waals surface area (Å²) in [5.74, 6) is 0. The first-order chi connectivity index (χ1) is 23.6. The van der Waals surface area contributed by atoms with Crippen LogP contribution >= 0.6 is 0 Å². The Balaban J connectivity index is 1.25. The highest BCUT2D eigenvalue weighted by molar-refractivity contribution is 6.13. The number of anilines is 3. The fraction of sp³-hybridized carbons (Fsp3) is 0.0638. The van der Waals surface area contributed by atoms with E-state index in [4.69, 9.17) is 0 Å². The van der Waals surface area contributed by atoms with Gasteiger partial charge in [0.05, 0.1) is 5.69 Å². The molecule has 0 unspecified atom stereocenters. The zero-order valence-electron chi connectivity index (χ0n) is 27.2. The van der Waals surface area contributed by atoms with Crippen LogP contribution in [-0.2, 0) is 5.41 Å². The van der Waals surface area contributed by atoms with Gasteiger partial charge in [0.25, 0.3) is 0 Å². The lowest BCUT2D eigenvalue weighted by Crippen LogP contribution is -2.17. The Labute approximate surface area is 282 Å². The van der Waals surface area contributed by atoms with E-state index in [9.17, 15) is 0 Å². The lowest BCUT2D eigenvalue weighted by molar-refractivity contribution is 0.660. The quantitative estimate of drug-likeness (QED) is 0.175. The smallest absolute Gasteiger partial charge is 0.0543 e. The van der Waals surface area contributed by atoms with Crippen LogP contribution < -0.4 is 4.90 Å². The molecular weight excluding hydrogens is 579 g/mol. The average Bonchev–Trinajstić information content (AvgIpc) is 3.37. The maximum atomic E-state index is 2.45. The van der Waals surface area contributed by atoms with Gasteiger partial charge in [-0.1, -0.05) is 147 Å². The van der Waals surface area contributed by atoms with Crippen LogP contribution in [-0.4, -0.2) is 0 Å². The molecule has 1 nitrogen and oxygen atoms in total. The molecule has 0 radical (unpaired) electrons. The van der Waals surface area contributed by atoms with E-state index >= 15 is 0 Å². The lowest BCUT2D eigenvalue weighted by Gasteiger charge is -2.30. The molecule has 1 heteroatoms. The Morgan fingerprint density at radius 2 is 0.958 bits per heavy atom. The Morgan fingerprint density at radius 1 is 0.375 bits per heavy atom. The number of hydrogen-bond acceptors (Lipinski definition) is 1. The molecule has 1 aliphatic rings. The van der Waals surface area contributed by atoms with Gasteiger partial charge < -0.3 is 4.90 Å². The fourth-order valence-electron chi connectivity index (χ4n) is 7.86. The van der Waals surface area contributed by atoms with Gasteiger partial charge in [-0.2, -0.15) is 0 Å². The zero-order valence-corrected chi connectivity index (χ0v) is 27.2. The molecule has 0 amide bonds. The molecular formula is C47H35N. The van der Waals surface area contributed by atoms with E-state index in [1.807, 2.05) is 0 Å². The highest BCUT2D eigenvalue weighted by Gasteiger charge is 2.37. The Kier molecular flexibility index (Phi) is 6.55. The van der Waals surface area contributed by atoms with Gasteiger partial charge in [-0.25, -0.2) is 0 Å². The summed E-state index contributed by atoms with van der Waals surface area (Å²) in [6, 6.07) is 64.4. The van der Waals surface area contributed by atoms with Crippen LogP contribution in [0.2, 0.25) is 0 Å². The van der Waals surface area contributed by atoms with Crippen LogP contribution in [0.3, 0.4) is 0 Å². The lowest BCUT2D eigenvalue weighted by atomic mass is 9.81. The van der Waals surface area contributed by atoms with Gasteiger partial charge in [-0.15, -0.1) is 0 Å². The van der Waals surface area contributed by atoms with Crippen molar-refractivity contribution in [3.63, 3.8) is 0 Å². The molecule has 0 atom stereocenters. The first-order valence-corrected chi connectivity index (χ1v) is 16.8. The summed E-state index contributed by atoms with van der Waals surface area (Å²) in [6.07, 6.45) is 0. The predicted molar refractivity (Wildman–Crippen MR) is 205 cm³/mol. The van der Waals surface area contributed by atoms with Crippen molar-refractivity contribution >= 4 is 38.6 Å². The van der Waals surface area contributed by atoms with Crippen LogP contribution in [0.1, 0.15) is 25.0 Å². The third-order valence-electron chi connectivity index (χ3n) is 10.2. The summed E-state index contributed by atoms with van der Waals surface area (Å²) in [4.78, 5) is 2.43. The molecule has 0 aromatic heterocycles. The van der Waals surface area contributed by atoms with E-state index < -0.39 is 0 Å². The first-order valence-electron chi connectivity index (χ1n) is 16.8. The summed E-state index contributed by atoms with van der Waals surface area (Å²) < 4.78 is 0. The minimum atomic E-state index is -0.112. The largest absolute Gasteiger partial charge is 0.310 e. The van der Waals surface area contributed by atoms with Crippen molar-refractivity contribution in [1.29, 1.82) is 0 Å². The topological polar surface area (TPSA) is 3.24 Å². The third kappa shape index (κ3) is 4.47. The molecule has 48 heavy (non-hydrogen) atoms. The average molecular weight is 614 g/mol. The second-order valence-electron chi connectivity index (χ2n) is 13.4. The van der Waals surface area contributed by atoms with Crippen molar-refractivity contribution < 1.29 is 0 Å². The molecule has 0 heterocycles. The van der Waals surface area contributed by atoms with Gasteiger partial charge in [0.2, 0.25) is 0 Å². The second-order valence-corrected chi connectivity index (χ2v) is 13.4. The summed E-state index contributed by atoms with van der Waals surface area (Å²) >= 11 is 0. The van der Waals surface area contributed by atoms with Crippen molar-refractivity contribution in [2.24, 2.45) is 0 Å². The first kappa shape index (κ1) is 28.3. The Hall–Kier alpha value is -5.92. The minimum Gasteiger partial charge on any atom is -0.310 e. The van der Waals surface area contributed by atoms with Crippen molar-refractivity contribution in [2.45, 2.75) is 19.3 Å². The second kappa shape index (κ2) is 11.1.